The van der Waals surface area contributed by atoms with Crippen molar-refractivity contribution < 1.29 is 15.0 Å². The molecule has 1 aromatic rings. The first-order valence-corrected chi connectivity index (χ1v) is 6.51. The summed E-state index contributed by atoms with van der Waals surface area (Å²) in [6, 6.07) is -0.914. The van der Waals surface area contributed by atoms with Crippen LogP contribution in [0.2, 0.25) is 0 Å². The molecule has 0 amide bonds. The maximum absolute atomic E-state index is 10.9. The quantitative estimate of drug-likeness (QED) is 0.636. The number of nitrogens with one attached hydrogen (secondary N) is 1. The molecule has 1 heterocycles. The summed E-state index contributed by atoms with van der Waals surface area (Å²) in [5.41, 5.74) is 0. The van der Waals surface area contributed by atoms with Gasteiger partial charge in [0.1, 0.15) is 11.9 Å². The molecule has 0 aliphatic carbocycles. The number of nitrogens with zero attached hydrogens (tertiary/aromatic N) is 2. The van der Waals surface area contributed by atoms with Gasteiger partial charge in [0.05, 0.1) is 6.10 Å². The van der Waals surface area contributed by atoms with Crippen molar-refractivity contribution >= 4 is 5.97 Å². The molecule has 108 valence electrons. The highest BCUT2D eigenvalue weighted by atomic mass is 16.4. The number of carboxylic acids is 1. The monoisotopic (exact) mass is 269 g/mol. The van der Waals surface area contributed by atoms with Crippen molar-refractivity contribution in [2.45, 2.75) is 38.3 Å². The van der Waals surface area contributed by atoms with Gasteiger partial charge in [0.2, 0.25) is 0 Å². The zero-order valence-electron chi connectivity index (χ0n) is 11.7. The van der Waals surface area contributed by atoms with E-state index < -0.39 is 18.1 Å². The van der Waals surface area contributed by atoms with Crippen LogP contribution in [0.5, 0.6) is 0 Å². The molecule has 6 nitrogen and oxygen atoms in total. The van der Waals surface area contributed by atoms with Crippen LogP contribution in [-0.4, -0.2) is 44.9 Å². The van der Waals surface area contributed by atoms with Crippen LogP contribution in [0.3, 0.4) is 0 Å². The first kappa shape index (κ1) is 15.7. The van der Waals surface area contributed by atoms with Crippen molar-refractivity contribution in [3.05, 3.63) is 18.2 Å². The lowest BCUT2D eigenvalue weighted by Gasteiger charge is -2.24. The van der Waals surface area contributed by atoms with E-state index in [1.165, 1.54) is 0 Å². The smallest absolute Gasteiger partial charge is 0.323 e. The van der Waals surface area contributed by atoms with E-state index in [0.717, 1.165) is 25.1 Å². The second-order valence-electron chi connectivity index (χ2n) is 4.92. The molecule has 1 aromatic heterocycles. The largest absolute Gasteiger partial charge is 0.480 e. The van der Waals surface area contributed by atoms with Crippen LogP contribution in [0.15, 0.2) is 12.4 Å². The number of aliphatic hydroxyl groups excluding tert-OH is 1. The zero-order chi connectivity index (χ0) is 14.4. The van der Waals surface area contributed by atoms with Crippen molar-refractivity contribution in [3.63, 3.8) is 0 Å². The Labute approximate surface area is 113 Å². The van der Waals surface area contributed by atoms with E-state index in [4.69, 9.17) is 5.11 Å². The van der Waals surface area contributed by atoms with Crippen molar-refractivity contribution in [2.24, 2.45) is 13.0 Å². The molecule has 0 saturated carbocycles. The summed E-state index contributed by atoms with van der Waals surface area (Å²) < 4.78 is 1.97. The molecule has 0 fully saturated rings. The predicted molar refractivity (Wildman–Crippen MR) is 71.8 cm³/mol. The number of hydrogen-bond acceptors (Lipinski definition) is 4. The van der Waals surface area contributed by atoms with Gasteiger partial charge in [-0.05, 0) is 25.8 Å². The Balaban J connectivity index is 2.40. The van der Waals surface area contributed by atoms with Crippen molar-refractivity contribution in [1.29, 1.82) is 0 Å². The summed E-state index contributed by atoms with van der Waals surface area (Å²) in [6.07, 6.45) is 5.24. The fourth-order valence-corrected chi connectivity index (χ4v) is 2.16. The highest BCUT2D eigenvalue weighted by Crippen LogP contribution is 2.15. The number of rotatable bonds is 8. The number of carbonyl (C=O) groups is 1. The van der Waals surface area contributed by atoms with Gasteiger partial charge in [-0.1, -0.05) is 6.92 Å². The molecule has 0 bridgehead atoms. The van der Waals surface area contributed by atoms with Crippen LogP contribution in [0.25, 0.3) is 0 Å². The second-order valence-corrected chi connectivity index (χ2v) is 4.92. The standard InChI is InChI=1S/C13H23N3O3/c1-9(12(17)11(14-2)13(18)19)5-4-6-10-15-7-8-16(10)3/h7-9,11-12,14,17H,4-6H2,1-3H3,(H,18,19)/t9-,11+,12-/m1/s1. The Hall–Kier alpha value is -1.40. The molecule has 0 aliphatic heterocycles. The molecule has 0 saturated heterocycles. The topological polar surface area (TPSA) is 87.4 Å². The Kier molecular flexibility index (Phi) is 5.98. The summed E-state index contributed by atoms with van der Waals surface area (Å²) in [5.74, 6) is -0.0927. The Bertz CT molecular complexity index is 406. The Morgan fingerprint density at radius 2 is 2.26 bits per heavy atom. The maximum atomic E-state index is 10.9. The number of aliphatic hydroxyl groups is 1. The van der Waals surface area contributed by atoms with E-state index >= 15 is 0 Å². The van der Waals surface area contributed by atoms with Crippen molar-refractivity contribution in [2.75, 3.05) is 7.05 Å². The number of hydrogen-bond donors (Lipinski definition) is 3. The first-order valence-electron chi connectivity index (χ1n) is 6.51. The number of aryl methyl sites for hydroxylation is 2. The zero-order valence-corrected chi connectivity index (χ0v) is 11.7. The van der Waals surface area contributed by atoms with E-state index in [2.05, 4.69) is 10.3 Å². The van der Waals surface area contributed by atoms with E-state index in [9.17, 15) is 9.90 Å². The van der Waals surface area contributed by atoms with Crippen LogP contribution in [0.1, 0.15) is 25.6 Å². The lowest BCUT2D eigenvalue weighted by Crippen LogP contribution is -2.47. The van der Waals surface area contributed by atoms with Gasteiger partial charge in [0.25, 0.3) is 0 Å². The van der Waals surface area contributed by atoms with Crippen LogP contribution >= 0.6 is 0 Å². The normalized spacial score (nSPS) is 16.0. The van der Waals surface area contributed by atoms with Crippen LogP contribution in [0, 0.1) is 5.92 Å². The Morgan fingerprint density at radius 3 is 2.74 bits per heavy atom. The van der Waals surface area contributed by atoms with Gasteiger partial charge in [-0.3, -0.25) is 4.79 Å². The molecular weight excluding hydrogens is 246 g/mol. The number of imidazole rings is 1. The van der Waals surface area contributed by atoms with Gasteiger partial charge >= 0.3 is 5.97 Å². The minimum absolute atomic E-state index is 0.0752. The molecule has 0 unspecified atom stereocenters. The lowest BCUT2D eigenvalue weighted by molar-refractivity contribution is -0.143. The first-order chi connectivity index (χ1) is 8.97. The average Bonchev–Trinajstić information content (AvgIpc) is 2.75. The highest BCUT2D eigenvalue weighted by Gasteiger charge is 2.28. The molecule has 0 aromatic carbocycles. The molecule has 3 atom stereocenters. The summed E-state index contributed by atoms with van der Waals surface area (Å²) in [5, 5.41) is 21.6. The predicted octanol–water partition coefficient (Wildman–Crippen LogP) is 0.412. The van der Waals surface area contributed by atoms with E-state index in [0.29, 0.717) is 0 Å². The molecular formula is C13H23N3O3. The molecule has 19 heavy (non-hydrogen) atoms. The number of aliphatic carboxylic acids is 1. The fraction of sp³-hybridized carbons (Fsp3) is 0.692. The maximum Gasteiger partial charge on any atom is 0.323 e. The van der Waals surface area contributed by atoms with Gasteiger partial charge in [0.15, 0.2) is 0 Å². The fourth-order valence-electron chi connectivity index (χ4n) is 2.16. The number of aromatic nitrogens is 2. The third kappa shape index (κ3) is 4.33. The third-order valence-electron chi connectivity index (χ3n) is 3.48. The molecule has 0 radical (unpaired) electrons. The minimum atomic E-state index is -1.02. The highest BCUT2D eigenvalue weighted by molar-refractivity contribution is 5.74. The van der Waals surface area contributed by atoms with E-state index in [1.807, 2.05) is 24.7 Å². The SMILES string of the molecule is CN[C@H](C(=O)O)[C@H](O)[C@H](C)CCCc1nccn1C. The van der Waals surface area contributed by atoms with Gasteiger partial charge in [-0.15, -0.1) is 0 Å². The van der Waals surface area contributed by atoms with E-state index in [-0.39, 0.29) is 5.92 Å². The van der Waals surface area contributed by atoms with Crippen molar-refractivity contribution in [1.82, 2.24) is 14.9 Å². The molecule has 6 heteroatoms. The second kappa shape index (κ2) is 7.25. The summed E-state index contributed by atoms with van der Waals surface area (Å²) in [7, 11) is 3.49. The average molecular weight is 269 g/mol. The summed E-state index contributed by atoms with van der Waals surface area (Å²) >= 11 is 0. The van der Waals surface area contributed by atoms with Crippen LogP contribution < -0.4 is 5.32 Å². The molecule has 3 N–H and O–H groups in total. The Morgan fingerprint density at radius 1 is 1.58 bits per heavy atom. The van der Waals surface area contributed by atoms with Gasteiger partial charge in [0, 0.05) is 25.9 Å². The van der Waals surface area contributed by atoms with E-state index in [1.54, 1.807) is 13.2 Å². The third-order valence-corrected chi connectivity index (χ3v) is 3.48. The van der Waals surface area contributed by atoms with Crippen LogP contribution in [-0.2, 0) is 18.3 Å². The summed E-state index contributed by atoms with van der Waals surface area (Å²) in [6.45, 7) is 1.87. The minimum Gasteiger partial charge on any atom is -0.480 e. The van der Waals surface area contributed by atoms with Gasteiger partial charge in [-0.25, -0.2) is 4.98 Å². The van der Waals surface area contributed by atoms with Gasteiger partial charge in [-0.2, -0.15) is 0 Å². The number of likely N-dealkylation sites (N-methyl/N-ethyl adjacent to an activating group) is 1. The lowest BCUT2D eigenvalue weighted by atomic mass is 9.93. The van der Waals surface area contributed by atoms with Crippen molar-refractivity contribution in [3.8, 4) is 0 Å². The van der Waals surface area contributed by atoms with Crippen LogP contribution in [0.4, 0.5) is 0 Å². The number of carboxylic acid groups (broad SMARTS) is 1. The molecule has 0 aliphatic rings. The molecule has 0 spiro atoms. The summed E-state index contributed by atoms with van der Waals surface area (Å²) in [4.78, 5) is 15.2. The molecule has 1 rings (SSSR count). The van der Waals surface area contributed by atoms with Gasteiger partial charge < -0.3 is 20.1 Å².